The maximum atomic E-state index is 13.2. The van der Waals surface area contributed by atoms with Gasteiger partial charge in [0.2, 0.25) is 5.91 Å². The lowest BCUT2D eigenvalue weighted by molar-refractivity contribution is -0.122. The van der Waals surface area contributed by atoms with E-state index in [0.29, 0.717) is 12.3 Å². The highest BCUT2D eigenvalue weighted by molar-refractivity contribution is 7.22. The van der Waals surface area contributed by atoms with Gasteiger partial charge >= 0.3 is 0 Å². The Morgan fingerprint density at radius 3 is 2.39 bits per heavy atom. The van der Waals surface area contributed by atoms with Crippen molar-refractivity contribution >= 4 is 45.0 Å². The minimum absolute atomic E-state index is 0. The molecule has 1 aromatic carbocycles. The van der Waals surface area contributed by atoms with Crippen LogP contribution < -0.4 is 14.4 Å². The van der Waals surface area contributed by atoms with Crippen LogP contribution in [-0.4, -0.2) is 57.2 Å². The summed E-state index contributed by atoms with van der Waals surface area (Å²) in [5, 5.41) is 0.739. The van der Waals surface area contributed by atoms with Crippen molar-refractivity contribution < 1.29 is 14.3 Å². The summed E-state index contributed by atoms with van der Waals surface area (Å²) in [6.07, 6.45) is 5.17. The van der Waals surface area contributed by atoms with Gasteiger partial charge in [0.1, 0.15) is 21.7 Å². The minimum Gasteiger partial charge on any atom is -0.495 e. The van der Waals surface area contributed by atoms with Crippen LogP contribution in [0.4, 0.5) is 5.13 Å². The Balaban J connectivity index is 0.00000280. The Morgan fingerprint density at radius 1 is 1.14 bits per heavy atom. The van der Waals surface area contributed by atoms with E-state index >= 15 is 0 Å². The van der Waals surface area contributed by atoms with Crippen LogP contribution in [0.15, 0.2) is 12.1 Å². The molecule has 1 aliphatic carbocycles. The minimum atomic E-state index is 0. The maximum Gasteiger partial charge on any atom is 0.231 e. The molecule has 0 saturated heterocycles. The summed E-state index contributed by atoms with van der Waals surface area (Å²) in [5.74, 6) is 1.80. The molecular formula is C20H30ClN3O3S. The highest BCUT2D eigenvalue weighted by Crippen LogP contribution is 2.41. The molecule has 0 N–H and O–H groups in total. The van der Waals surface area contributed by atoms with E-state index in [1.54, 1.807) is 14.2 Å². The van der Waals surface area contributed by atoms with E-state index in [0.717, 1.165) is 59.7 Å². The molecule has 1 aliphatic rings. The zero-order valence-corrected chi connectivity index (χ0v) is 18.7. The zero-order chi connectivity index (χ0) is 19.4. The molecule has 0 aliphatic heterocycles. The highest BCUT2D eigenvalue weighted by atomic mass is 35.5. The third-order valence-corrected chi connectivity index (χ3v) is 6.18. The number of thiazole rings is 1. The number of aromatic nitrogens is 1. The summed E-state index contributed by atoms with van der Waals surface area (Å²) in [6.45, 7) is 1.62. The molecule has 0 unspecified atom stereocenters. The van der Waals surface area contributed by atoms with Gasteiger partial charge in [-0.1, -0.05) is 24.2 Å². The molecule has 8 heteroatoms. The van der Waals surface area contributed by atoms with E-state index in [2.05, 4.69) is 19.0 Å². The number of carbonyl (C=O) groups is 1. The van der Waals surface area contributed by atoms with E-state index in [9.17, 15) is 4.79 Å². The molecule has 1 aromatic heterocycles. The predicted octanol–water partition coefficient (Wildman–Crippen LogP) is 4.21. The van der Waals surface area contributed by atoms with E-state index in [4.69, 9.17) is 14.5 Å². The van der Waals surface area contributed by atoms with Crippen LogP contribution in [0.25, 0.3) is 10.2 Å². The SMILES string of the molecule is COc1ccc(OC)c2sc(N(CCCN(C)C)C(=O)C3CCCC3)nc12.Cl. The Hall–Kier alpha value is -1.57. The molecule has 6 nitrogen and oxygen atoms in total. The molecule has 0 bridgehead atoms. The number of halogens is 1. The molecule has 156 valence electrons. The molecule has 3 rings (SSSR count). The van der Waals surface area contributed by atoms with E-state index < -0.39 is 0 Å². The fourth-order valence-electron chi connectivity index (χ4n) is 3.63. The molecule has 28 heavy (non-hydrogen) atoms. The van der Waals surface area contributed by atoms with Crippen molar-refractivity contribution in [3.8, 4) is 11.5 Å². The number of hydrogen-bond donors (Lipinski definition) is 0. The van der Waals surface area contributed by atoms with Gasteiger partial charge in [0.05, 0.1) is 14.2 Å². The predicted molar refractivity (Wildman–Crippen MR) is 117 cm³/mol. The number of anilines is 1. The van der Waals surface area contributed by atoms with Crippen LogP contribution in [0.3, 0.4) is 0 Å². The van der Waals surface area contributed by atoms with Crippen molar-refractivity contribution in [3.63, 3.8) is 0 Å². The lowest BCUT2D eigenvalue weighted by Gasteiger charge is -2.24. The van der Waals surface area contributed by atoms with E-state index in [-0.39, 0.29) is 24.2 Å². The Bertz CT molecular complexity index is 749. The van der Waals surface area contributed by atoms with E-state index in [1.807, 2.05) is 17.0 Å². The molecule has 1 amide bonds. The molecular weight excluding hydrogens is 398 g/mol. The lowest BCUT2D eigenvalue weighted by atomic mass is 10.1. The fourth-order valence-corrected chi connectivity index (χ4v) is 4.73. The number of benzene rings is 1. The largest absolute Gasteiger partial charge is 0.495 e. The monoisotopic (exact) mass is 427 g/mol. The second-order valence-electron chi connectivity index (χ2n) is 7.27. The van der Waals surface area contributed by atoms with Crippen LogP contribution >= 0.6 is 23.7 Å². The van der Waals surface area contributed by atoms with Crippen LogP contribution in [-0.2, 0) is 4.79 Å². The fraction of sp³-hybridized carbons (Fsp3) is 0.600. The highest BCUT2D eigenvalue weighted by Gasteiger charge is 2.30. The Labute approximate surface area is 177 Å². The first-order valence-corrected chi connectivity index (χ1v) is 10.3. The van der Waals surface area contributed by atoms with Gasteiger partial charge in [-0.25, -0.2) is 4.98 Å². The summed E-state index contributed by atoms with van der Waals surface area (Å²) < 4.78 is 11.9. The number of methoxy groups -OCH3 is 2. The zero-order valence-electron chi connectivity index (χ0n) is 17.1. The van der Waals surface area contributed by atoms with Gasteiger partial charge < -0.3 is 14.4 Å². The number of ether oxygens (including phenoxy) is 2. The van der Waals surface area contributed by atoms with E-state index in [1.165, 1.54) is 11.3 Å². The van der Waals surface area contributed by atoms with Gasteiger partial charge in [-0.2, -0.15) is 0 Å². The Morgan fingerprint density at radius 2 is 1.79 bits per heavy atom. The van der Waals surface area contributed by atoms with Gasteiger partial charge in [-0.05, 0) is 52.0 Å². The molecule has 1 fully saturated rings. The van der Waals surface area contributed by atoms with Crippen LogP contribution in [0.1, 0.15) is 32.1 Å². The second-order valence-corrected chi connectivity index (χ2v) is 8.25. The molecule has 2 aromatic rings. The van der Waals surface area contributed by atoms with Gasteiger partial charge in [-0.3, -0.25) is 9.69 Å². The topological polar surface area (TPSA) is 54.9 Å². The standard InChI is InChI=1S/C20H29N3O3S.ClH/c1-22(2)12-7-13-23(19(24)14-8-5-6-9-14)20-21-17-15(25-3)10-11-16(26-4)18(17)27-20;/h10-11,14H,5-9,12-13H2,1-4H3;1H. The molecule has 0 radical (unpaired) electrons. The van der Waals surface area contributed by atoms with Crippen molar-refractivity contribution in [2.24, 2.45) is 5.92 Å². The van der Waals surface area contributed by atoms with Gasteiger partial charge in [0.15, 0.2) is 5.13 Å². The van der Waals surface area contributed by atoms with Gasteiger partial charge in [0.25, 0.3) is 0 Å². The first-order valence-electron chi connectivity index (χ1n) is 9.52. The number of nitrogens with zero attached hydrogens (tertiary/aromatic N) is 3. The smallest absolute Gasteiger partial charge is 0.231 e. The second kappa shape index (κ2) is 10.3. The quantitative estimate of drug-likeness (QED) is 0.631. The molecule has 0 atom stereocenters. The van der Waals surface area contributed by atoms with Gasteiger partial charge in [0, 0.05) is 12.5 Å². The van der Waals surface area contributed by atoms with Crippen molar-refractivity contribution in [2.45, 2.75) is 32.1 Å². The molecule has 1 heterocycles. The maximum absolute atomic E-state index is 13.2. The van der Waals surface area contributed by atoms with Crippen molar-refractivity contribution in [1.29, 1.82) is 0 Å². The van der Waals surface area contributed by atoms with Crippen LogP contribution in [0, 0.1) is 5.92 Å². The van der Waals surface area contributed by atoms with Crippen molar-refractivity contribution in [1.82, 2.24) is 9.88 Å². The summed E-state index contributed by atoms with van der Waals surface area (Å²) >= 11 is 1.51. The number of fused-ring (bicyclic) bond motifs is 1. The van der Waals surface area contributed by atoms with Gasteiger partial charge in [-0.15, -0.1) is 12.4 Å². The first kappa shape index (κ1) is 22.7. The summed E-state index contributed by atoms with van der Waals surface area (Å²) in [7, 11) is 7.39. The van der Waals surface area contributed by atoms with Crippen LogP contribution in [0.5, 0.6) is 11.5 Å². The third-order valence-electron chi connectivity index (χ3n) is 5.09. The number of carbonyl (C=O) groups excluding carboxylic acids is 1. The summed E-state index contributed by atoms with van der Waals surface area (Å²) in [4.78, 5) is 22.0. The van der Waals surface area contributed by atoms with Crippen LogP contribution in [0.2, 0.25) is 0 Å². The lowest BCUT2D eigenvalue weighted by Crippen LogP contribution is -2.37. The summed E-state index contributed by atoms with van der Waals surface area (Å²) in [5.41, 5.74) is 0.758. The number of amides is 1. The van der Waals surface area contributed by atoms with Crippen molar-refractivity contribution in [3.05, 3.63) is 12.1 Å². The average Bonchev–Trinajstić information content (AvgIpc) is 3.33. The molecule has 1 saturated carbocycles. The van der Waals surface area contributed by atoms with Crippen molar-refractivity contribution in [2.75, 3.05) is 46.3 Å². The third kappa shape index (κ3) is 4.88. The number of hydrogen-bond acceptors (Lipinski definition) is 6. The Kier molecular flexibility index (Phi) is 8.34. The average molecular weight is 428 g/mol. The first-order chi connectivity index (χ1) is 13.0. The normalized spacial score (nSPS) is 14.3. The molecule has 0 spiro atoms. The number of rotatable bonds is 8. The summed E-state index contributed by atoms with van der Waals surface area (Å²) in [6, 6.07) is 3.75.